The van der Waals surface area contributed by atoms with E-state index in [9.17, 15) is 0 Å². The molecule has 10 heavy (non-hydrogen) atoms. The van der Waals surface area contributed by atoms with Crippen LogP contribution in [0.15, 0.2) is 10.8 Å². The van der Waals surface area contributed by atoms with E-state index in [1.54, 1.807) is 11.1 Å². The minimum Gasteiger partial charge on any atom is -0.152 e. The molecule has 1 aliphatic carbocycles. The van der Waals surface area contributed by atoms with Gasteiger partial charge >= 0.3 is 0 Å². The Morgan fingerprint density at radius 1 is 0.900 bits per heavy atom. The fourth-order valence-corrected chi connectivity index (χ4v) is 2.53. The van der Waals surface area contributed by atoms with Crippen LogP contribution in [-0.2, 0) is 12.8 Å². The van der Waals surface area contributed by atoms with Crippen LogP contribution in [-0.4, -0.2) is 0 Å². The highest BCUT2D eigenvalue weighted by Gasteiger charge is 2.06. The molecule has 0 bridgehead atoms. The third kappa shape index (κ3) is 1.10. The molecule has 0 atom stereocenters. The Kier molecular flexibility index (Phi) is 1.76. The van der Waals surface area contributed by atoms with E-state index in [0.717, 1.165) is 0 Å². The zero-order valence-corrected chi connectivity index (χ0v) is 6.91. The van der Waals surface area contributed by atoms with E-state index in [0.29, 0.717) is 0 Å². The van der Waals surface area contributed by atoms with E-state index in [1.165, 1.54) is 32.1 Å². The molecule has 0 aromatic carbocycles. The van der Waals surface area contributed by atoms with Crippen LogP contribution in [0.1, 0.15) is 30.4 Å². The van der Waals surface area contributed by atoms with Crippen molar-refractivity contribution in [3.8, 4) is 0 Å². The largest absolute Gasteiger partial charge is 0.152 e. The second-order valence-corrected chi connectivity index (χ2v) is 3.73. The van der Waals surface area contributed by atoms with Crippen LogP contribution >= 0.6 is 11.3 Å². The van der Waals surface area contributed by atoms with Gasteiger partial charge in [0.25, 0.3) is 0 Å². The molecule has 1 aromatic heterocycles. The first-order valence-electron chi connectivity index (χ1n) is 4.01. The lowest BCUT2D eigenvalue weighted by Gasteiger charge is -1.93. The number of thiophene rings is 1. The smallest absolute Gasteiger partial charge is 0.00584 e. The molecule has 0 fully saturated rings. The van der Waals surface area contributed by atoms with Gasteiger partial charge in [-0.25, -0.2) is 0 Å². The van der Waals surface area contributed by atoms with Crippen molar-refractivity contribution in [3.63, 3.8) is 0 Å². The molecule has 0 aliphatic heterocycles. The molecule has 54 valence electrons. The van der Waals surface area contributed by atoms with Crippen LogP contribution < -0.4 is 0 Å². The van der Waals surface area contributed by atoms with Crippen molar-refractivity contribution in [1.29, 1.82) is 0 Å². The average molecular weight is 152 g/mol. The predicted octanol–water partition coefficient (Wildman–Crippen LogP) is 3.02. The number of rotatable bonds is 0. The molecule has 1 aromatic rings. The van der Waals surface area contributed by atoms with Crippen LogP contribution in [0, 0.1) is 0 Å². The third-order valence-electron chi connectivity index (χ3n) is 2.23. The fraction of sp³-hybridized carbons (Fsp3) is 0.556. The number of aryl methyl sites for hydroxylation is 2. The Morgan fingerprint density at radius 3 is 2.10 bits per heavy atom. The summed E-state index contributed by atoms with van der Waals surface area (Å²) >= 11 is 1.86. The van der Waals surface area contributed by atoms with Gasteiger partial charge < -0.3 is 0 Å². The molecule has 0 N–H and O–H groups in total. The van der Waals surface area contributed by atoms with Gasteiger partial charge in [0.15, 0.2) is 0 Å². The van der Waals surface area contributed by atoms with E-state index in [2.05, 4.69) is 10.8 Å². The zero-order chi connectivity index (χ0) is 6.81. The number of fused-ring (bicyclic) bond motifs is 1. The molecule has 0 nitrogen and oxygen atoms in total. The summed E-state index contributed by atoms with van der Waals surface area (Å²) in [5.41, 5.74) is 3.25. The van der Waals surface area contributed by atoms with Crippen LogP contribution in [0.3, 0.4) is 0 Å². The lowest BCUT2D eigenvalue weighted by molar-refractivity contribution is 0.711. The Morgan fingerprint density at radius 2 is 1.50 bits per heavy atom. The SMILES string of the molecule is c1scc2c1CCCCC2. The number of hydrogen-bond donors (Lipinski definition) is 0. The first-order chi connectivity index (χ1) is 4.97. The maximum atomic E-state index is 2.32. The summed E-state index contributed by atoms with van der Waals surface area (Å²) < 4.78 is 0. The first kappa shape index (κ1) is 6.41. The summed E-state index contributed by atoms with van der Waals surface area (Å²) in [6.45, 7) is 0. The van der Waals surface area contributed by atoms with Crippen molar-refractivity contribution in [2.24, 2.45) is 0 Å². The normalized spacial score (nSPS) is 18.0. The highest BCUT2D eigenvalue weighted by Crippen LogP contribution is 2.23. The molecule has 0 saturated carbocycles. The van der Waals surface area contributed by atoms with Crippen molar-refractivity contribution in [2.75, 3.05) is 0 Å². The van der Waals surface area contributed by atoms with E-state index in [-0.39, 0.29) is 0 Å². The summed E-state index contributed by atoms with van der Waals surface area (Å²) in [5, 5.41) is 4.64. The lowest BCUT2D eigenvalue weighted by Crippen LogP contribution is -1.81. The summed E-state index contributed by atoms with van der Waals surface area (Å²) in [7, 11) is 0. The summed E-state index contributed by atoms with van der Waals surface area (Å²) in [5.74, 6) is 0. The fourth-order valence-electron chi connectivity index (χ4n) is 1.60. The highest BCUT2D eigenvalue weighted by atomic mass is 32.1. The van der Waals surface area contributed by atoms with Gasteiger partial charge in [0.05, 0.1) is 0 Å². The molecular formula is C9H12S. The lowest BCUT2D eigenvalue weighted by atomic mass is 10.1. The number of hydrogen-bond acceptors (Lipinski definition) is 1. The molecule has 0 spiro atoms. The average Bonchev–Trinajstić information content (AvgIpc) is 2.28. The zero-order valence-electron chi connectivity index (χ0n) is 6.10. The van der Waals surface area contributed by atoms with Gasteiger partial charge in [0.2, 0.25) is 0 Å². The Bertz CT molecular complexity index is 192. The van der Waals surface area contributed by atoms with Crippen molar-refractivity contribution in [2.45, 2.75) is 32.1 Å². The predicted molar refractivity (Wildman–Crippen MR) is 45.6 cm³/mol. The van der Waals surface area contributed by atoms with E-state index in [4.69, 9.17) is 0 Å². The van der Waals surface area contributed by atoms with Gasteiger partial charge in [-0.2, -0.15) is 11.3 Å². The quantitative estimate of drug-likeness (QED) is 0.501. The van der Waals surface area contributed by atoms with Crippen LogP contribution in [0.5, 0.6) is 0 Å². The van der Waals surface area contributed by atoms with Crippen molar-refractivity contribution in [1.82, 2.24) is 0 Å². The van der Waals surface area contributed by atoms with Gasteiger partial charge in [-0.3, -0.25) is 0 Å². The maximum Gasteiger partial charge on any atom is -0.00584 e. The Hall–Kier alpha value is -0.300. The van der Waals surface area contributed by atoms with Gasteiger partial charge in [-0.1, -0.05) is 6.42 Å². The van der Waals surface area contributed by atoms with Crippen LogP contribution in [0.25, 0.3) is 0 Å². The molecule has 1 heterocycles. The monoisotopic (exact) mass is 152 g/mol. The molecule has 2 rings (SSSR count). The Balaban J connectivity index is 2.28. The standard InChI is InChI=1S/C9H12S/c1-2-4-8-6-10-7-9(8)5-3-1/h6-7H,1-5H2. The minimum absolute atomic E-state index is 1.33. The molecule has 0 radical (unpaired) electrons. The highest BCUT2D eigenvalue weighted by molar-refractivity contribution is 7.08. The van der Waals surface area contributed by atoms with Crippen LogP contribution in [0.2, 0.25) is 0 Å². The Labute approximate surface area is 65.9 Å². The first-order valence-corrected chi connectivity index (χ1v) is 4.95. The maximum absolute atomic E-state index is 2.32. The molecule has 1 aliphatic rings. The summed E-state index contributed by atoms with van der Waals surface area (Å²) in [6.07, 6.45) is 6.91. The molecule has 0 amide bonds. The van der Waals surface area contributed by atoms with Gasteiger partial charge in [0.1, 0.15) is 0 Å². The second kappa shape index (κ2) is 2.75. The van der Waals surface area contributed by atoms with Crippen molar-refractivity contribution >= 4 is 11.3 Å². The topological polar surface area (TPSA) is 0 Å². The van der Waals surface area contributed by atoms with E-state index in [1.807, 2.05) is 11.3 Å². The van der Waals surface area contributed by atoms with Crippen molar-refractivity contribution < 1.29 is 0 Å². The van der Waals surface area contributed by atoms with Gasteiger partial charge in [-0.05, 0) is 47.6 Å². The van der Waals surface area contributed by atoms with Crippen LogP contribution in [0.4, 0.5) is 0 Å². The van der Waals surface area contributed by atoms with Crippen molar-refractivity contribution in [3.05, 3.63) is 21.9 Å². The molecule has 1 heteroatoms. The summed E-state index contributed by atoms with van der Waals surface area (Å²) in [6, 6.07) is 0. The molecule has 0 saturated heterocycles. The van der Waals surface area contributed by atoms with Gasteiger partial charge in [0, 0.05) is 0 Å². The second-order valence-electron chi connectivity index (χ2n) is 2.98. The van der Waals surface area contributed by atoms with Gasteiger partial charge in [-0.15, -0.1) is 0 Å². The molecule has 0 unspecified atom stereocenters. The summed E-state index contributed by atoms with van der Waals surface area (Å²) in [4.78, 5) is 0. The minimum atomic E-state index is 1.33. The third-order valence-corrected chi connectivity index (χ3v) is 3.07. The van der Waals surface area contributed by atoms with E-state index < -0.39 is 0 Å². The van der Waals surface area contributed by atoms with E-state index >= 15 is 0 Å². The molecular weight excluding hydrogens is 140 g/mol.